The van der Waals surface area contributed by atoms with Gasteiger partial charge in [-0.25, -0.2) is 12.8 Å². The van der Waals surface area contributed by atoms with Crippen LogP contribution in [0.4, 0.5) is 4.39 Å². The normalized spacial score (nSPS) is 11.4. The summed E-state index contributed by atoms with van der Waals surface area (Å²) in [4.78, 5) is 0.0755. The largest absolute Gasteiger partial charge is 0.508 e. The van der Waals surface area contributed by atoms with Crippen molar-refractivity contribution in [2.24, 2.45) is 0 Å². The van der Waals surface area contributed by atoms with Gasteiger partial charge in [-0.05, 0) is 48.5 Å². The van der Waals surface area contributed by atoms with Crippen molar-refractivity contribution in [1.29, 1.82) is 0 Å². The quantitative estimate of drug-likeness (QED) is 0.835. The van der Waals surface area contributed by atoms with Crippen molar-refractivity contribution in [2.45, 2.75) is 9.79 Å². The van der Waals surface area contributed by atoms with Crippen LogP contribution in [0.3, 0.4) is 0 Å². The van der Waals surface area contributed by atoms with Crippen LogP contribution in [0.5, 0.6) is 5.75 Å². The topological polar surface area (TPSA) is 54.4 Å². The number of aromatic hydroxyl groups is 1. The number of phenolic OH excluding ortho intramolecular Hbond substituents is 1. The van der Waals surface area contributed by atoms with E-state index in [0.717, 1.165) is 12.1 Å². The first-order chi connectivity index (χ1) is 8.00. The Bertz CT molecular complexity index is 564. The highest BCUT2D eigenvalue weighted by Crippen LogP contribution is 2.22. The van der Waals surface area contributed by atoms with Crippen molar-refractivity contribution in [3.05, 3.63) is 54.3 Å². The molecule has 0 saturated carbocycles. The second-order valence-electron chi connectivity index (χ2n) is 3.45. The Morgan fingerprint density at radius 1 is 0.824 bits per heavy atom. The van der Waals surface area contributed by atoms with Crippen LogP contribution in [0.25, 0.3) is 0 Å². The van der Waals surface area contributed by atoms with E-state index in [1.807, 2.05) is 0 Å². The standard InChI is InChI=1S/C12H9FO3S/c13-9-1-5-11(6-2-9)17(15,16)12-7-3-10(14)4-8-12/h1-8,14H. The monoisotopic (exact) mass is 252 g/mol. The predicted octanol–water partition coefficient (Wildman–Crippen LogP) is 2.36. The number of benzene rings is 2. The summed E-state index contributed by atoms with van der Waals surface area (Å²) in [5.41, 5.74) is 0. The molecule has 2 aromatic rings. The molecule has 2 aromatic carbocycles. The van der Waals surface area contributed by atoms with E-state index in [4.69, 9.17) is 5.11 Å². The van der Waals surface area contributed by atoms with Gasteiger partial charge in [0, 0.05) is 0 Å². The average Bonchev–Trinajstić information content (AvgIpc) is 2.30. The van der Waals surface area contributed by atoms with Gasteiger partial charge < -0.3 is 5.11 Å². The van der Waals surface area contributed by atoms with E-state index in [-0.39, 0.29) is 15.5 Å². The lowest BCUT2D eigenvalue weighted by Gasteiger charge is -2.04. The van der Waals surface area contributed by atoms with Crippen molar-refractivity contribution in [1.82, 2.24) is 0 Å². The molecule has 0 bridgehead atoms. The fourth-order valence-electron chi connectivity index (χ4n) is 1.38. The van der Waals surface area contributed by atoms with E-state index in [0.29, 0.717) is 0 Å². The van der Waals surface area contributed by atoms with Crippen molar-refractivity contribution in [3.63, 3.8) is 0 Å². The Balaban J connectivity index is 2.50. The molecule has 5 heteroatoms. The zero-order valence-corrected chi connectivity index (χ0v) is 9.49. The van der Waals surface area contributed by atoms with Gasteiger partial charge in [-0.2, -0.15) is 0 Å². The maximum Gasteiger partial charge on any atom is 0.206 e. The van der Waals surface area contributed by atoms with Crippen LogP contribution < -0.4 is 0 Å². The van der Waals surface area contributed by atoms with Gasteiger partial charge in [0.1, 0.15) is 11.6 Å². The highest BCUT2D eigenvalue weighted by Gasteiger charge is 2.17. The van der Waals surface area contributed by atoms with Crippen molar-refractivity contribution in [3.8, 4) is 5.75 Å². The summed E-state index contributed by atoms with van der Waals surface area (Å²) in [5.74, 6) is -0.502. The smallest absolute Gasteiger partial charge is 0.206 e. The van der Waals surface area contributed by atoms with Crippen molar-refractivity contribution >= 4 is 9.84 Å². The predicted molar refractivity (Wildman–Crippen MR) is 60.0 cm³/mol. The number of hydrogen-bond acceptors (Lipinski definition) is 3. The van der Waals surface area contributed by atoms with E-state index >= 15 is 0 Å². The highest BCUT2D eigenvalue weighted by atomic mass is 32.2. The minimum absolute atomic E-state index is 0.0111. The van der Waals surface area contributed by atoms with E-state index in [1.54, 1.807) is 0 Å². The molecule has 0 aliphatic carbocycles. The first-order valence-electron chi connectivity index (χ1n) is 4.80. The molecule has 0 saturated heterocycles. The Hall–Kier alpha value is -1.88. The van der Waals surface area contributed by atoms with Gasteiger partial charge in [-0.3, -0.25) is 0 Å². The third kappa shape index (κ3) is 2.29. The Labute approximate surface area is 98.1 Å². The van der Waals surface area contributed by atoms with E-state index < -0.39 is 15.7 Å². The average molecular weight is 252 g/mol. The van der Waals surface area contributed by atoms with Gasteiger partial charge in [-0.1, -0.05) is 0 Å². The maximum atomic E-state index is 12.7. The zero-order chi connectivity index (χ0) is 12.5. The van der Waals surface area contributed by atoms with Gasteiger partial charge in [0.05, 0.1) is 9.79 Å². The third-order valence-corrected chi connectivity index (χ3v) is 4.06. The number of phenols is 1. The number of rotatable bonds is 2. The van der Waals surface area contributed by atoms with Crippen LogP contribution in [0.15, 0.2) is 58.3 Å². The molecule has 0 fully saturated rings. The first-order valence-corrected chi connectivity index (χ1v) is 6.28. The molecular weight excluding hydrogens is 243 g/mol. The molecule has 3 nitrogen and oxygen atoms in total. The van der Waals surface area contributed by atoms with Crippen LogP contribution in [-0.2, 0) is 9.84 Å². The lowest BCUT2D eigenvalue weighted by Crippen LogP contribution is -2.01. The van der Waals surface area contributed by atoms with Crippen LogP contribution in [-0.4, -0.2) is 13.5 Å². The van der Waals surface area contributed by atoms with Gasteiger partial charge in [0.2, 0.25) is 9.84 Å². The molecule has 2 rings (SSSR count). The molecular formula is C12H9FO3S. The summed E-state index contributed by atoms with van der Waals surface area (Å²) in [5, 5.41) is 9.08. The molecule has 0 heterocycles. The fourth-order valence-corrected chi connectivity index (χ4v) is 2.64. The lowest BCUT2D eigenvalue weighted by atomic mass is 10.3. The number of sulfone groups is 1. The van der Waals surface area contributed by atoms with Crippen molar-refractivity contribution in [2.75, 3.05) is 0 Å². The van der Waals surface area contributed by atoms with Gasteiger partial charge >= 0.3 is 0 Å². The Morgan fingerprint density at radius 3 is 1.71 bits per heavy atom. The minimum atomic E-state index is -3.65. The first kappa shape index (κ1) is 11.6. The number of halogens is 1. The van der Waals surface area contributed by atoms with Gasteiger partial charge in [0.15, 0.2) is 0 Å². The van der Waals surface area contributed by atoms with Gasteiger partial charge in [0.25, 0.3) is 0 Å². The molecule has 0 radical (unpaired) electrons. The maximum absolute atomic E-state index is 12.7. The van der Waals surface area contributed by atoms with Crippen LogP contribution in [0.1, 0.15) is 0 Å². The molecule has 0 aromatic heterocycles. The van der Waals surface area contributed by atoms with Crippen molar-refractivity contribution < 1.29 is 17.9 Å². The molecule has 88 valence electrons. The van der Waals surface area contributed by atoms with Gasteiger partial charge in [-0.15, -0.1) is 0 Å². The lowest BCUT2D eigenvalue weighted by molar-refractivity contribution is 0.475. The minimum Gasteiger partial charge on any atom is -0.508 e. The van der Waals surface area contributed by atoms with E-state index in [1.165, 1.54) is 36.4 Å². The summed E-state index contributed by atoms with van der Waals surface area (Å²) in [6, 6.07) is 9.77. The van der Waals surface area contributed by atoms with Crippen LogP contribution in [0, 0.1) is 5.82 Å². The Kier molecular flexibility index (Phi) is 2.85. The SMILES string of the molecule is O=S(=O)(c1ccc(O)cc1)c1ccc(F)cc1. The third-order valence-electron chi connectivity index (χ3n) is 2.27. The second kappa shape index (κ2) is 4.18. The van der Waals surface area contributed by atoms with E-state index in [2.05, 4.69) is 0 Å². The molecule has 0 unspecified atom stereocenters. The fraction of sp³-hybridized carbons (Fsp3) is 0. The highest BCUT2D eigenvalue weighted by molar-refractivity contribution is 7.91. The summed E-state index contributed by atoms with van der Waals surface area (Å²) in [7, 11) is -3.65. The summed E-state index contributed by atoms with van der Waals surface area (Å²) < 4.78 is 36.8. The summed E-state index contributed by atoms with van der Waals surface area (Å²) in [6.07, 6.45) is 0. The molecule has 0 atom stereocenters. The molecule has 0 amide bonds. The molecule has 1 N–H and O–H groups in total. The number of hydrogen-bond donors (Lipinski definition) is 1. The Morgan fingerprint density at radius 2 is 1.24 bits per heavy atom. The summed E-state index contributed by atoms with van der Waals surface area (Å²) in [6.45, 7) is 0. The van der Waals surface area contributed by atoms with Crippen LogP contribution in [0.2, 0.25) is 0 Å². The molecule has 0 aliphatic heterocycles. The molecule has 17 heavy (non-hydrogen) atoms. The summed E-state index contributed by atoms with van der Waals surface area (Å²) >= 11 is 0. The molecule has 0 spiro atoms. The van der Waals surface area contributed by atoms with E-state index in [9.17, 15) is 12.8 Å². The zero-order valence-electron chi connectivity index (χ0n) is 8.67. The molecule has 0 aliphatic rings. The second-order valence-corrected chi connectivity index (χ2v) is 5.40. The van der Waals surface area contributed by atoms with Crippen LogP contribution >= 0.6 is 0 Å².